The summed E-state index contributed by atoms with van der Waals surface area (Å²) in [4.78, 5) is 6.41. The maximum atomic E-state index is 4.93. The Bertz CT molecular complexity index is 1650. The minimum atomic E-state index is 0.0861. The van der Waals surface area contributed by atoms with Gasteiger partial charge in [-0.15, -0.1) is 34.0 Å². The van der Waals surface area contributed by atoms with Gasteiger partial charge in [0.1, 0.15) is 0 Å². The van der Waals surface area contributed by atoms with Crippen LogP contribution in [0, 0.1) is 5.92 Å². The first-order valence-corrected chi connectivity index (χ1v) is 14.1. The van der Waals surface area contributed by atoms with Gasteiger partial charge in [-0.2, -0.15) is 0 Å². The van der Waals surface area contributed by atoms with E-state index in [1.54, 1.807) is 0 Å². The van der Waals surface area contributed by atoms with Crippen LogP contribution in [0.25, 0.3) is 51.6 Å². The third kappa shape index (κ3) is 3.51. The molecule has 4 heteroatoms. The van der Waals surface area contributed by atoms with Crippen LogP contribution in [-0.4, -0.2) is 4.98 Å². The molecule has 33 heavy (non-hydrogen) atoms. The topological polar surface area (TPSA) is 12.9 Å². The van der Waals surface area contributed by atoms with Crippen LogP contribution in [0.2, 0.25) is 0 Å². The Balaban J connectivity index is 1.63. The van der Waals surface area contributed by atoms with Gasteiger partial charge in [-0.25, -0.2) is 0 Å². The fourth-order valence-corrected chi connectivity index (χ4v) is 8.46. The standard InChI is InChI=1S/C29H27NS3/c1-16(2)12-19-15-21-23(32-19)6-7-24-25(21)20-8-10-30-26(28(20)33-24)18-13-17-9-11-31-27(17)22(14-18)29(3,4)5/h6-11,13-16H,12H2,1-5H3. The van der Waals surface area contributed by atoms with E-state index in [-0.39, 0.29) is 5.41 Å². The monoisotopic (exact) mass is 485 g/mol. The molecule has 0 aliphatic heterocycles. The molecule has 0 N–H and O–H groups in total. The SMILES string of the molecule is CC(C)Cc1cc2c(ccc3sc4c(-c5cc(C(C)(C)C)c6sccc6c5)nccc4c32)s1. The summed E-state index contributed by atoms with van der Waals surface area (Å²) in [5, 5.41) is 7.66. The summed E-state index contributed by atoms with van der Waals surface area (Å²) in [6.07, 6.45) is 3.14. The van der Waals surface area contributed by atoms with Crippen LogP contribution in [-0.2, 0) is 11.8 Å². The average Bonchev–Trinajstić information content (AvgIpc) is 3.46. The first-order chi connectivity index (χ1) is 15.8. The van der Waals surface area contributed by atoms with Gasteiger partial charge in [-0.3, -0.25) is 4.98 Å². The molecule has 0 aliphatic rings. The molecule has 6 rings (SSSR count). The maximum Gasteiger partial charge on any atom is 0.0880 e. The Morgan fingerprint density at radius 2 is 1.70 bits per heavy atom. The van der Waals surface area contributed by atoms with Crippen molar-refractivity contribution >= 4 is 74.4 Å². The number of thiophene rings is 3. The average molecular weight is 486 g/mol. The highest BCUT2D eigenvalue weighted by atomic mass is 32.1. The molecule has 166 valence electrons. The zero-order valence-electron chi connectivity index (χ0n) is 19.7. The second-order valence-corrected chi connectivity index (χ2v) is 13.5. The lowest BCUT2D eigenvalue weighted by Crippen LogP contribution is -2.11. The first-order valence-electron chi connectivity index (χ1n) is 11.5. The Labute approximate surface area is 206 Å². The molecule has 0 saturated carbocycles. The molecule has 0 atom stereocenters. The molecule has 0 unspecified atom stereocenters. The molecule has 0 aliphatic carbocycles. The van der Waals surface area contributed by atoms with Gasteiger partial charge in [-0.05, 0) is 76.5 Å². The molecule has 0 bridgehead atoms. The highest BCUT2D eigenvalue weighted by molar-refractivity contribution is 7.27. The van der Waals surface area contributed by atoms with Crippen molar-refractivity contribution in [1.82, 2.24) is 4.98 Å². The van der Waals surface area contributed by atoms with Crippen LogP contribution in [0.3, 0.4) is 0 Å². The van der Waals surface area contributed by atoms with Gasteiger partial charge in [0.05, 0.1) is 10.4 Å². The minimum absolute atomic E-state index is 0.0861. The number of hydrogen-bond donors (Lipinski definition) is 0. The molecular weight excluding hydrogens is 459 g/mol. The van der Waals surface area contributed by atoms with Crippen LogP contribution in [0.1, 0.15) is 45.1 Å². The summed E-state index contributed by atoms with van der Waals surface area (Å²) < 4.78 is 5.44. The van der Waals surface area contributed by atoms with Gasteiger partial charge >= 0.3 is 0 Å². The lowest BCUT2D eigenvalue weighted by Gasteiger charge is -2.21. The van der Waals surface area contributed by atoms with Crippen molar-refractivity contribution in [3.63, 3.8) is 0 Å². The van der Waals surface area contributed by atoms with E-state index in [9.17, 15) is 0 Å². The summed E-state index contributed by atoms with van der Waals surface area (Å²) in [6.45, 7) is 11.5. The first kappa shape index (κ1) is 21.3. The molecule has 0 radical (unpaired) electrons. The van der Waals surface area contributed by atoms with Crippen molar-refractivity contribution in [3.8, 4) is 11.3 Å². The molecule has 6 aromatic rings. The molecule has 4 aromatic heterocycles. The zero-order chi connectivity index (χ0) is 22.9. The molecule has 4 heterocycles. The van der Waals surface area contributed by atoms with Crippen LogP contribution in [0.5, 0.6) is 0 Å². The molecule has 0 saturated heterocycles. The van der Waals surface area contributed by atoms with E-state index in [4.69, 9.17) is 4.98 Å². The molecule has 0 fully saturated rings. The van der Waals surface area contributed by atoms with Crippen LogP contribution in [0.4, 0.5) is 0 Å². The van der Waals surface area contributed by atoms with Crippen LogP contribution in [0.15, 0.2) is 54.0 Å². The van der Waals surface area contributed by atoms with E-state index in [0.717, 1.165) is 12.1 Å². The molecule has 1 nitrogen and oxygen atoms in total. The Morgan fingerprint density at radius 1 is 0.879 bits per heavy atom. The molecule has 0 spiro atoms. The Kier molecular flexibility index (Phi) is 4.92. The van der Waals surface area contributed by atoms with Gasteiger partial charge < -0.3 is 0 Å². The third-order valence-electron chi connectivity index (χ3n) is 6.34. The van der Waals surface area contributed by atoms with Gasteiger partial charge in [-0.1, -0.05) is 34.6 Å². The summed E-state index contributed by atoms with van der Waals surface area (Å²) >= 11 is 5.68. The summed E-state index contributed by atoms with van der Waals surface area (Å²) in [7, 11) is 0. The van der Waals surface area contributed by atoms with Gasteiger partial charge in [0.25, 0.3) is 0 Å². The molecule has 2 aromatic carbocycles. The van der Waals surface area contributed by atoms with Crippen molar-refractivity contribution in [2.45, 2.75) is 46.5 Å². The Hall–Kier alpha value is -2.27. The zero-order valence-corrected chi connectivity index (χ0v) is 22.1. The fraction of sp³-hybridized carbons (Fsp3) is 0.276. The van der Waals surface area contributed by atoms with Crippen molar-refractivity contribution < 1.29 is 0 Å². The second kappa shape index (κ2) is 7.63. The van der Waals surface area contributed by atoms with Crippen molar-refractivity contribution in [1.29, 1.82) is 0 Å². The van der Waals surface area contributed by atoms with Gasteiger partial charge in [0, 0.05) is 46.9 Å². The van der Waals surface area contributed by atoms with Crippen molar-refractivity contribution in [2.75, 3.05) is 0 Å². The predicted octanol–water partition coefficient (Wildman–Crippen LogP) is 10.0. The number of rotatable bonds is 3. The number of nitrogens with zero attached hydrogens (tertiary/aromatic N) is 1. The highest BCUT2D eigenvalue weighted by Crippen LogP contribution is 2.45. The normalized spacial score (nSPS) is 12.8. The molecule has 0 amide bonds. The smallest absolute Gasteiger partial charge is 0.0880 e. The third-order valence-corrected chi connectivity index (χ3v) is 9.61. The highest BCUT2D eigenvalue weighted by Gasteiger charge is 2.21. The summed E-state index contributed by atoms with van der Waals surface area (Å²) in [5.74, 6) is 0.674. The van der Waals surface area contributed by atoms with Crippen LogP contribution < -0.4 is 0 Å². The van der Waals surface area contributed by atoms with E-state index in [1.807, 2.05) is 40.2 Å². The minimum Gasteiger partial charge on any atom is -0.255 e. The number of hydrogen-bond acceptors (Lipinski definition) is 4. The van der Waals surface area contributed by atoms with E-state index >= 15 is 0 Å². The van der Waals surface area contributed by atoms with E-state index in [2.05, 4.69) is 82.5 Å². The number of fused-ring (bicyclic) bond motifs is 6. The van der Waals surface area contributed by atoms with Crippen molar-refractivity contribution in [3.05, 3.63) is 64.5 Å². The quantitative estimate of drug-likeness (QED) is 0.243. The number of benzene rings is 2. The molecular formula is C29H27NS3. The predicted molar refractivity (Wildman–Crippen MR) is 151 cm³/mol. The van der Waals surface area contributed by atoms with E-state index in [0.29, 0.717) is 5.92 Å². The maximum absolute atomic E-state index is 4.93. The summed E-state index contributed by atoms with van der Waals surface area (Å²) in [5.41, 5.74) is 3.83. The van der Waals surface area contributed by atoms with E-state index < -0.39 is 0 Å². The largest absolute Gasteiger partial charge is 0.255 e. The number of pyridine rings is 1. The lowest BCUT2D eigenvalue weighted by atomic mass is 9.85. The second-order valence-electron chi connectivity index (χ2n) is 10.4. The number of aromatic nitrogens is 1. The van der Waals surface area contributed by atoms with Crippen LogP contribution >= 0.6 is 34.0 Å². The summed E-state index contributed by atoms with van der Waals surface area (Å²) in [6, 6.07) is 16.2. The van der Waals surface area contributed by atoms with Gasteiger partial charge in [0.15, 0.2) is 0 Å². The Morgan fingerprint density at radius 3 is 2.48 bits per heavy atom. The lowest BCUT2D eigenvalue weighted by molar-refractivity contribution is 0.597. The van der Waals surface area contributed by atoms with Crippen molar-refractivity contribution in [2.24, 2.45) is 5.92 Å². The van der Waals surface area contributed by atoms with E-state index in [1.165, 1.54) is 56.3 Å². The van der Waals surface area contributed by atoms with Gasteiger partial charge in [0.2, 0.25) is 0 Å². The fourth-order valence-electron chi connectivity index (χ4n) is 4.85.